The number of fused-ring (bicyclic) bond motifs is 2. The van der Waals surface area contributed by atoms with Gasteiger partial charge >= 0.3 is 0 Å². The average Bonchev–Trinajstić information content (AvgIpc) is 3.36. The van der Waals surface area contributed by atoms with Gasteiger partial charge in [-0.15, -0.1) is 11.3 Å². The average molecular weight is 405 g/mol. The van der Waals surface area contributed by atoms with E-state index >= 15 is 0 Å². The van der Waals surface area contributed by atoms with Crippen molar-refractivity contribution in [1.82, 2.24) is 29.7 Å². The van der Waals surface area contributed by atoms with Crippen molar-refractivity contribution in [3.63, 3.8) is 0 Å². The quantitative estimate of drug-likeness (QED) is 0.473. The molecule has 29 heavy (non-hydrogen) atoms. The Morgan fingerprint density at radius 3 is 2.72 bits per heavy atom. The van der Waals surface area contributed by atoms with Crippen molar-refractivity contribution >= 4 is 38.5 Å². The van der Waals surface area contributed by atoms with E-state index in [0.717, 1.165) is 5.69 Å². The van der Waals surface area contributed by atoms with Gasteiger partial charge < -0.3 is 9.88 Å². The van der Waals surface area contributed by atoms with Gasteiger partial charge in [0.25, 0.3) is 11.1 Å². The van der Waals surface area contributed by atoms with Crippen LogP contribution in [0, 0.1) is 0 Å². The molecular weight excluding hydrogens is 390 g/mol. The second-order valence-corrected chi connectivity index (χ2v) is 7.44. The number of thiophene rings is 1. The number of H-pyrrole nitrogens is 2. The molecule has 5 aromatic rings. The third-order valence-corrected chi connectivity index (χ3v) is 5.44. The summed E-state index contributed by atoms with van der Waals surface area (Å²) in [5.41, 5.74) is 1.46. The second-order valence-electron chi connectivity index (χ2n) is 6.52. The third kappa shape index (κ3) is 2.99. The number of rotatable bonds is 4. The van der Waals surface area contributed by atoms with Crippen LogP contribution in [0.5, 0.6) is 0 Å². The molecule has 0 saturated carbocycles. The minimum absolute atomic E-state index is 0.174. The van der Waals surface area contributed by atoms with Crippen molar-refractivity contribution in [3.05, 3.63) is 74.5 Å². The van der Waals surface area contributed by atoms with Crippen molar-refractivity contribution in [3.8, 4) is 5.69 Å². The zero-order chi connectivity index (χ0) is 20.0. The molecule has 4 aromatic heterocycles. The molecule has 0 aliphatic rings. The lowest BCUT2D eigenvalue weighted by atomic mass is 10.3. The van der Waals surface area contributed by atoms with E-state index in [9.17, 15) is 9.59 Å². The standard InChI is InChI=1S/C19H15N7O2S/c1-25(10-14-21-13-7-8-29-15(13)18(28)22-14)19-23-16-12(17(27)24-19)9-20-26(16)11-5-3-2-4-6-11/h2-9H,10H2,1H3,(H,21,22,28)(H,23,24,27). The zero-order valence-electron chi connectivity index (χ0n) is 15.3. The maximum Gasteiger partial charge on any atom is 0.268 e. The lowest BCUT2D eigenvalue weighted by molar-refractivity contribution is 0.805. The second kappa shape index (κ2) is 6.67. The van der Waals surface area contributed by atoms with Gasteiger partial charge in [0.2, 0.25) is 5.95 Å². The number of aromatic amines is 2. The van der Waals surface area contributed by atoms with Gasteiger partial charge in [-0.1, -0.05) is 18.2 Å². The van der Waals surface area contributed by atoms with E-state index in [1.807, 2.05) is 41.8 Å². The molecule has 0 bridgehead atoms. The minimum atomic E-state index is -0.284. The van der Waals surface area contributed by atoms with E-state index in [1.165, 1.54) is 17.5 Å². The van der Waals surface area contributed by atoms with Crippen molar-refractivity contribution < 1.29 is 0 Å². The highest BCUT2D eigenvalue weighted by Crippen LogP contribution is 2.17. The molecule has 0 unspecified atom stereocenters. The highest BCUT2D eigenvalue weighted by molar-refractivity contribution is 7.17. The largest absolute Gasteiger partial charge is 0.338 e. The highest BCUT2D eigenvalue weighted by atomic mass is 32.1. The van der Waals surface area contributed by atoms with Gasteiger partial charge in [0.1, 0.15) is 15.9 Å². The Kier molecular flexibility index (Phi) is 3.98. The van der Waals surface area contributed by atoms with E-state index in [-0.39, 0.29) is 17.7 Å². The van der Waals surface area contributed by atoms with Gasteiger partial charge in [0.05, 0.1) is 23.9 Å². The first kappa shape index (κ1) is 17.3. The maximum atomic E-state index is 12.5. The van der Waals surface area contributed by atoms with E-state index in [1.54, 1.807) is 16.6 Å². The first-order chi connectivity index (χ1) is 14.1. The van der Waals surface area contributed by atoms with Crippen LogP contribution in [-0.2, 0) is 6.54 Å². The molecule has 5 rings (SSSR count). The minimum Gasteiger partial charge on any atom is -0.338 e. The summed E-state index contributed by atoms with van der Waals surface area (Å²) in [6, 6.07) is 11.3. The smallest absolute Gasteiger partial charge is 0.268 e. The van der Waals surface area contributed by atoms with Crippen LogP contribution in [-0.4, -0.2) is 36.8 Å². The van der Waals surface area contributed by atoms with Gasteiger partial charge in [-0.2, -0.15) is 10.1 Å². The topological polar surface area (TPSA) is 113 Å². The molecule has 4 heterocycles. The molecule has 0 aliphatic heterocycles. The van der Waals surface area contributed by atoms with Crippen molar-refractivity contribution in [2.24, 2.45) is 0 Å². The molecule has 9 nitrogen and oxygen atoms in total. The Balaban J connectivity index is 1.55. The molecule has 0 atom stereocenters. The van der Waals surface area contributed by atoms with Crippen molar-refractivity contribution in [1.29, 1.82) is 0 Å². The molecule has 0 spiro atoms. The normalized spacial score (nSPS) is 11.3. The molecule has 10 heteroatoms. The number of benzene rings is 1. The summed E-state index contributed by atoms with van der Waals surface area (Å²) in [6.07, 6.45) is 1.50. The van der Waals surface area contributed by atoms with Crippen LogP contribution >= 0.6 is 11.3 Å². The van der Waals surface area contributed by atoms with E-state index in [4.69, 9.17) is 0 Å². The van der Waals surface area contributed by atoms with E-state index in [2.05, 4.69) is 25.0 Å². The van der Waals surface area contributed by atoms with Gasteiger partial charge in [0.15, 0.2) is 5.65 Å². The summed E-state index contributed by atoms with van der Waals surface area (Å²) in [5, 5.41) is 6.54. The van der Waals surface area contributed by atoms with Gasteiger partial charge in [-0.25, -0.2) is 9.67 Å². The first-order valence-electron chi connectivity index (χ1n) is 8.81. The number of nitrogens with one attached hydrogen (secondary N) is 2. The Labute approximate surface area is 167 Å². The van der Waals surface area contributed by atoms with Crippen LogP contribution in [0.3, 0.4) is 0 Å². The Morgan fingerprint density at radius 1 is 1.07 bits per heavy atom. The monoisotopic (exact) mass is 405 g/mol. The van der Waals surface area contributed by atoms with Gasteiger partial charge in [-0.05, 0) is 23.6 Å². The highest BCUT2D eigenvalue weighted by Gasteiger charge is 2.15. The molecule has 144 valence electrons. The SMILES string of the molecule is CN(Cc1nc2ccsc2c(=O)[nH]1)c1nc2c(cnn2-c2ccccc2)c(=O)[nH]1. The van der Waals surface area contributed by atoms with E-state index in [0.29, 0.717) is 33.0 Å². The molecule has 0 amide bonds. The molecule has 1 aromatic carbocycles. The van der Waals surface area contributed by atoms with Gasteiger partial charge in [-0.3, -0.25) is 14.6 Å². The third-order valence-electron chi connectivity index (χ3n) is 4.54. The first-order valence-corrected chi connectivity index (χ1v) is 9.69. The number of para-hydroxylation sites is 1. The van der Waals surface area contributed by atoms with Crippen LogP contribution in [0.25, 0.3) is 26.9 Å². The summed E-state index contributed by atoms with van der Waals surface area (Å²) in [7, 11) is 1.77. The van der Waals surface area contributed by atoms with Crippen LogP contribution in [0.15, 0.2) is 57.6 Å². The van der Waals surface area contributed by atoms with Crippen LogP contribution in [0.1, 0.15) is 5.82 Å². The fourth-order valence-corrected chi connectivity index (χ4v) is 3.87. The summed E-state index contributed by atoms with van der Waals surface area (Å²) in [6.45, 7) is 0.273. The summed E-state index contributed by atoms with van der Waals surface area (Å²) in [4.78, 5) is 41.1. The van der Waals surface area contributed by atoms with Crippen LogP contribution in [0.2, 0.25) is 0 Å². The number of aromatic nitrogens is 6. The zero-order valence-corrected chi connectivity index (χ0v) is 16.1. The predicted octanol–water partition coefficient (Wildman–Crippen LogP) is 2.04. The number of hydrogen-bond donors (Lipinski definition) is 2. The molecular formula is C19H15N7O2S. The van der Waals surface area contributed by atoms with Crippen LogP contribution in [0.4, 0.5) is 5.95 Å². The summed E-state index contributed by atoms with van der Waals surface area (Å²) < 4.78 is 2.22. The fraction of sp³-hybridized carbons (Fsp3) is 0.105. The fourth-order valence-electron chi connectivity index (χ4n) is 3.14. The summed E-state index contributed by atoms with van der Waals surface area (Å²) >= 11 is 1.35. The maximum absolute atomic E-state index is 12.5. The lowest BCUT2D eigenvalue weighted by Gasteiger charge is -2.17. The molecule has 0 saturated heterocycles. The molecule has 2 N–H and O–H groups in total. The van der Waals surface area contributed by atoms with Crippen molar-refractivity contribution in [2.45, 2.75) is 6.54 Å². The summed E-state index contributed by atoms with van der Waals surface area (Å²) in [5.74, 6) is 0.843. The predicted molar refractivity (Wildman–Crippen MR) is 112 cm³/mol. The number of nitrogens with zero attached hydrogens (tertiary/aromatic N) is 5. The molecule has 0 radical (unpaired) electrons. The lowest BCUT2D eigenvalue weighted by Crippen LogP contribution is -2.25. The Morgan fingerprint density at radius 2 is 1.90 bits per heavy atom. The number of anilines is 1. The molecule has 0 fully saturated rings. The van der Waals surface area contributed by atoms with Crippen LogP contribution < -0.4 is 16.0 Å². The van der Waals surface area contributed by atoms with Gasteiger partial charge in [0, 0.05) is 7.05 Å². The Hall–Kier alpha value is -3.79. The van der Waals surface area contributed by atoms with Crippen molar-refractivity contribution in [2.75, 3.05) is 11.9 Å². The Bertz CT molecular complexity index is 1450. The molecule has 0 aliphatic carbocycles. The van der Waals surface area contributed by atoms with E-state index < -0.39 is 0 Å². The number of hydrogen-bond acceptors (Lipinski definition) is 7.